The lowest BCUT2D eigenvalue weighted by atomic mass is 10.1. The first-order valence-electron chi connectivity index (χ1n) is 4.99. The molecular formula is C11H12FN3O. The number of halogens is 1. The lowest BCUT2D eigenvalue weighted by Crippen LogP contribution is -2.09. The first-order valence-corrected chi connectivity index (χ1v) is 4.99. The maximum absolute atomic E-state index is 13.1. The summed E-state index contributed by atoms with van der Waals surface area (Å²) in [5, 5.41) is 4.64. The van der Waals surface area contributed by atoms with Crippen molar-refractivity contribution < 1.29 is 9.18 Å². The molecule has 16 heavy (non-hydrogen) atoms. The minimum Gasteiger partial charge on any atom is -0.330 e. The summed E-state index contributed by atoms with van der Waals surface area (Å²) in [4.78, 5) is 11.7. The van der Waals surface area contributed by atoms with E-state index in [2.05, 4.69) is 5.10 Å². The summed E-state index contributed by atoms with van der Waals surface area (Å²) < 4.78 is 14.7. The molecule has 0 aliphatic heterocycles. The third-order valence-electron chi connectivity index (χ3n) is 2.45. The highest BCUT2D eigenvalue weighted by Crippen LogP contribution is 2.20. The minimum atomic E-state index is -0.373. The normalized spacial score (nSPS) is 10.9. The Labute approximate surface area is 91.8 Å². The Hall–Kier alpha value is -1.75. The van der Waals surface area contributed by atoms with E-state index in [0.29, 0.717) is 11.1 Å². The predicted molar refractivity (Wildman–Crippen MR) is 58.7 cm³/mol. The molecule has 0 aliphatic rings. The van der Waals surface area contributed by atoms with Gasteiger partial charge >= 0.3 is 0 Å². The third kappa shape index (κ3) is 1.69. The van der Waals surface area contributed by atoms with Crippen LogP contribution in [-0.2, 0) is 7.05 Å². The van der Waals surface area contributed by atoms with Gasteiger partial charge in [0, 0.05) is 18.9 Å². The van der Waals surface area contributed by atoms with Gasteiger partial charge in [0.25, 0.3) is 0 Å². The van der Waals surface area contributed by atoms with Crippen molar-refractivity contribution in [1.82, 2.24) is 9.78 Å². The number of carbonyl (C=O) groups is 1. The van der Waals surface area contributed by atoms with Gasteiger partial charge in [-0.3, -0.25) is 9.48 Å². The van der Waals surface area contributed by atoms with Crippen molar-refractivity contribution >= 4 is 16.7 Å². The lowest BCUT2D eigenvalue weighted by Gasteiger charge is -1.95. The van der Waals surface area contributed by atoms with Crippen LogP contribution in [0.15, 0.2) is 18.2 Å². The monoisotopic (exact) mass is 221 g/mol. The second-order valence-corrected chi connectivity index (χ2v) is 3.60. The Morgan fingerprint density at radius 1 is 1.56 bits per heavy atom. The molecule has 0 bridgehead atoms. The van der Waals surface area contributed by atoms with E-state index in [-0.39, 0.29) is 24.6 Å². The van der Waals surface area contributed by atoms with Crippen molar-refractivity contribution in [3.63, 3.8) is 0 Å². The first kappa shape index (κ1) is 10.8. The first-order chi connectivity index (χ1) is 7.63. The molecule has 0 unspecified atom stereocenters. The number of benzene rings is 1. The van der Waals surface area contributed by atoms with Crippen molar-refractivity contribution in [3.8, 4) is 0 Å². The second kappa shape index (κ2) is 4.02. The van der Waals surface area contributed by atoms with Crippen molar-refractivity contribution in [3.05, 3.63) is 29.7 Å². The molecule has 1 aromatic heterocycles. The van der Waals surface area contributed by atoms with E-state index < -0.39 is 0 Å². The molecule has 0 atom stereocenters. The molecular weight excluding hydrogens is 209 g/mol. The number of rotatable bonds is 3. The van der Waals surface area contributed by atoms with Gasteiger partial charge in [0.1, 0.15) is 11.5 Å². The highest BCUT2D eigenvalue weighted by atomic mass is 19.1. The van der Waals surface area contributed by atoms with Gasteiger partial charge in [-0.1, -0.05) is 0 Å². The Morgan fingerprint density at radius 3 is 3.00 bits per heavy atom. The standard InChI is InChI=1S/C11H12FN3O/c1-15-9-3-2-7(12)6-8(9)11(14-15)10(16)4-5-13/h2-3,6H,4-5,13H2,1H3. The highest BCUT2D eigenvalue weighted by Gasteiger charge is 2.15. The largest absolute Gasteiger partial charge is 0.330 e. The number of Topliss-reactive ketones (excluding diaryl/α,β-unsaturated/α-hetero) is 1. The molecule has 0 spiro atoms. The van der Waals surface area contributed by atoms with Crippen LogP contribution in [0.1, 0.15) is 16.9 Å². The van der Waals surface area contributed by atoms with Crippen molar-refractivity contribution in [2.75, 3.05) is 6.54 Å². The number of aryl methyl sites for hydroxylation is 1. The topological polar surface area (TPSA) is 60.9 Å². The number of nitrogens with zero attached hydrogens (tertiary/aromatic N) is 2. The molecule has 0 aliphatic carbocycles. The zero-order valence-corrected chi connectivity index (χ0v) is 8.90. The van der Waals surface area contributed by atoms with E-state index in [1.54, 1.807) is 17.8 Å². The van der Waals surface area contributed by atoms with E-state index >= 15 is 0 Å². The molecule has 2 N–H and O–H groups in total. The van der Waals surface area contributed by atoms with Gasteiger partial charge in [-0.25, -0.2) is 4.39 Å². The SMILES string of the molecule is Cn1nc(C(=O)CCN)c2cc(F)ccc21. The fourth-order valence-electron chi connectivity index (χ4n) is 1.69. The zero-order valence-electron chi connectivity index (χ0n) is 8.90. The molecule has 1 heterocycles. The molecule has 0 saturated heterocycles. The van der Waals surface area contributed by atoms with Gasteiger partial charge < -0.3 is 5.73 Å². The molecule has 2 aromatic rings. The molecule has 4 nitrogen and oxygen atoms in total. The molecule has 1 aromatic carbocycles. The molecule has 5 heteroatoms. The van der Waals surface area contributed by atoms with Crippen molar-refractivity contribution in [1.29, 1.82) is 0 Å². The van der Waals surface area contributed by atoms with Crippen LogP contribution in [0.4, 0.5) is 4.39 Å². The smallest absolute Gasteiger partial charge is 0.184 e. The van der Waals surface area contributed by atoms with Gasteiger partial charge in [0.05, 0.1) is 5.52 Å². The number of ketones is 1. The van der Waals surface area contributed by atoms with Crippen LogP contribution in [0, 0.1) is 5.82 Å². The summed E-state index contributed by atoms with van der Waals surface area (Å²) in [7, 11) is 1.72. The summed E-state index contributed by atoms with van der Waals surface area (Å²) in [5.74, 6) is -0.527. The van der Waals surface area contributed by atoms with E-state index in [0.717, 1.165) is 5.52 Å². The quantitative estimate of drug-likeness (QED) is 0.793. The second-order valence-electron chi connectivity index (χ2n) is 3.60. The number of carbonyl (C=O) groups excluding carboxylic acids is 1. The van der Waals surface area contributed by atoms with Gasteiger partial charge in [0.2, 0.25) is 0 Å². The van der Waals surface area contributed by atoms with E-state index in [4.69, 9.17) is 5.73 Å². The molecule has 0 fully saturated rings. The van der Waals surface area contributed by atoms with E-state index in [1.807, 2.05) is 0 Å². The number of hydrogen-bond donors (Lipinski definition) is 1. The lowest BCUT2D eigenvalue weighted by molar-refractivity contribution is 0.0981. The van der Waals surface area contributed by atoms with Crippen LogP contribution < -0.4 is 5.73 Å². The van der Waals surface area contributed by atoms with Gasteiger partial charge in [-0.2, -0.15) is 5.10 Å². The summed E-state index contributed by atoms with van der Waals surface area (Å²) >= 11 is 0. The molecule has 2 rings (SSSR count). The molecule has 0 amide bonds. The Morgan fingerprint density at radius 2 is 2.31 bits per heavy atom. The fourth-order valence-corrected chi connectivity index (χ4v) is 1.69. The zero-order chi connectivity index (χ0) is 11.7. The number of hydrogen-bond acceptors (Lipinski definition) is 3. The van der Waals surface area contributed by atoms with Crippen LogP contribution in [0.2, 0.25) is 0 Å². The van der Waals surface area contributed by atoms with Crippen LogP contribution in [0.5, 0.6) is 0 Å². The van der Waals surface area contributed by atoms with Crippen LogP contribution in [-0.4, -0.2) is 22.1 Å². The van der Waals surface area contributed by atoms with Crippen molar-refractivity contribution in [2.24, 2.45) is 12.8 Å². The number of fused-ring (bicyclic) bond motifs is 1. The third-order valence-corrected chi connectivity index (χ3v) is 2.45. The number of nitrogens with two attached hydrogens (primary N) is 1. The maximum atomic E-state index is 13.1. The number of aromatic nitrogens is 2. The van der Waals surface area contributed by atoms with Crippen LogP contribution in [0.3, 0.4) is 0 Å². The average Bonchev–Trinajstić information content (AvgIpc) is 2.56. The van der Waals surface area contributed by atoms with E-state index in [9.17, 15) is 9.18 Å². The van der Waals surface area contributed by atoms with Crippen molar-refractivity contribution in [2.45, 2.75) is 6.42 Å². The molecule has 84 valence electrons. The Balaban J connectivity index is 2.61. The summed E-state index contributed by atoms with van der Waals surface area (Å²) in [5.41, 5.74) is 6.35. The maximum Gasteiger partial charge on any atom is 0.184 e. The van der Waals surface area contributed by atoms with E-state index in [1.165, 1.54) is 12.1 Å². The molecule has 0 radical (unpaired) electrons. The summed E-state index contributed by atoms with van der Waals surface area (Å²) in [6.45, 7) is 0.270. The van der Waals surface area contributed by atoms with Gasteiger partial charge in [-0.05, 0) is 24.7 Å². The Bertz CT molecular complexity index is 547. The average molecular weight is 221 g/mol. The molecule has 0 saturated carbocycles. The van der Waals surface area contributed by atoms with Gasteiger partial charge in [0.15, 0.2) is 5.78 Å². The van der Waals surface area contributed by atoms with Crippen LogP contribution in [0.25, 0.3) is 10.9 Å². The Kier molecular flexibility index (Phi) is 2.70. The summed E-state index contributed by atoms with van der Waals surface area (Å²) in [6, 6.07) is 4.28. The highest BCUT2D eigenvalue weighted by molar-refractivity contribution is 6.06. The minimum absolute atomic E-state index is 0.154. The van der Waals surface area contributed by atoms with Crippen LogP contribution >= 0.6 is 0 Å². The predicted octanol–water partition coefficient (Wildman–Crippen LogP) is 1.24. The summed E-state index contributed by atoms with van der Waals surface area (Å²) in [6.07, 6.45) is 0.225. The fraction of sp³-hybridized carbons (Fsp3) is 0.273. The van der Waals surface area contributed by atoms with Gasteiger partial charge in [-0.15, -0.1) is 0 Å².